The highest BCUT2D eigenvalue weighted by atomic mass is 16.2. The molecule has 1 aliphatic rings. The molecule has 5 nitrogen and oxygen atoms in total. The van der Waals surface area contributed by atoms with Gasteiger partial charge in [0.25, 0.3) is 5.91 Å². The smallest absolute Gasteiger partial charge is 0.319 e. The summed E-state index contributed by atoms with van der Waals surface area (Å²) >= 11 is 0. The summed E-state index contributed by atoms with van der Waals surface area (Å²) in [5, 5.41) is 3.05. The molecule has 0 radical (unpaired) electrons. The van der Waals surface area contributed by atoms with E-state index in [0.717, 1.165) is 18.4 Å². The van der Waals surface area contributed by atoms with Crippen LogP contribution in [0, 0.1) is 6.92 Å². The molecule has 0 saturated carbocycles. The minimum atomic E-state index is -0.0348. The third-order valence-electron chi connectivity index (χ3n) is 3.80. The summed E-state index contributed by atoms with van der Waals surface area (Å²) in [6, 6.07) is 7.74. The molecule has 5 heteroatoms. The maximum Gasteiger partial charge on any atom is 0.319 e. The Labute approximate surface area is 125 Å². The molecule has 1 fully saturated rings. The molecule has 114 valence electrons. The number of hydrogen-bond donors (Lipinski definition) is 1. The number of likely N-dealkylation sites (tertiary alicyclic amines) is 1. The fourth-order valence-corrected chi connectivity index (χ4v) is 2.47. The summed E-state index contributed by atoms with van der Waals surface area (Å²) in [6.07, 6.45) is 1.61. The van der Waals surface area contributed by atoms with Crippen molar-refractivity contribution in [3.05, 3.63) is 35.4 Å². The van der Waals surface area contributed by atoms with E-state index in [0.29, 0.717) is 18.7 Å². The maximum absolute atomic E-state index is 12.1. The molecule has 3 amide bonds. The van der Waals surface area contributed by atoms with Gasteiger partial charge in [-0.2, -0.15) is 0 Å². The number of rotatable bonds is 2. The Bertz CT molecular complexity index is 503. The zero-order valence-electron chi connectivity index (χ0n) is 12.9. The van der Waals surface area contributed by atoms with E-state index in [2.05, 4.69) is 5.32 Å². The van der Waals surface area contributed by atoms with Crippen molar-refractivity contribution >= 4 is 11.9 Å². The topological polar surface area (TPSA) is 52.7 Å². The fourth-order valence-electron chi connectivity index (χ4n) is 2.47. The van der Waals surface area contributed by atoms with Gasteiger partial charge >= 0.3 is 6.03 Å². The van der Waals surface area contributed by atoms with Crippen LogP contribution in [0.3, 0.4) is 0 Å². The summed E-state index contributed by atoms with van der Waals surface area (Å²) in [4.78, 5) is 27.4. The van der Waals surface area contributed by atoms with Crippen LogP contribution in [0.25, 0.3) is 0 Å². The van der Waals surface area contributed by atoms with E-state index in [4.69, 9.17) is 0 Å². The minimum Gasteiger partial charge on any atom is -0.349 e. The van der Waals surface area contributed by atoms with Crippen molar-refractivity contribution < 1.29 is 9.59 Å². The summed E-state index contributed by atoms with van der Waals surface area (Å²) in [6.45, 7) is 3.38. The van der Waals surface area contributed by atoms with Gasteiger partial charge in [0, 0.05) is 38.8 Å². The Balaban J connectivity index is 1.84. The standard InChI is InChI=1S/C16H23N3O2/c1-12-4-6-13(7-5-12)15(20)17-14-8-10-19(11-9-14)16(21)18(2)3/h4-7,14H,8-11H2,1-3H3,(H,17,20). The summed E-state index contributed by atoms with van der Waals surface area (Å²) < 4.78 is 0. The molecule has 0 atom stereocenters. The molecule has 0 aromatic heterocycles. The van der Waals surface area contributed by atoms with Crippen LogP contribution in [0.1, 0.15) is 28.8 Å². The Kier molecular flexibility index (Phi) is 4.83. The molecule has 0 unspecified atom stereocenters. The third-order valence-corrected chi connectivity index (χ3v) is 3.80. The van der Waals surface area contributed by atoms with Crippen LogP contribution in [0.4, 0.5) is 4.79 Å². The zero-order valence-corrected chi connectivity index (χ0v) is 12.9. The molecule has 1 N–H and O–H groups in total. The molecule has 1 saturated heterocycles. The highest BCUT2D eigenvalue weighted by Crippen LogP contribution is 2.13. The van der Waals surface area contributed by atoms with Crippen molar-refractivity contribution in [3.63, 3.8) is 0 Å². The van der Waals surface area contributed by atoms with E-state index >= 15 is 0 Å². The number of piperidine rings is 1. The first-order valence-corrected chi connectivity index (χ1v) is 7.31. The lowest BCUT2D eigenvalue weighted by molar-refractivity contribution is 0.0914. The van der Waals surface area contributed by atoms with Gasteiger partial charge in [0.15, 0.2) is 0 Å². The number of nitrogens with one attached hydrogen (secondary N) is 1. The van der Waals surface area contributed by atoms with Gasteiger partial charge < -0.3 is 15.1 Å². The van der Waals surface area contributed by atoms with Crippen molar-refractivity contribution in [2.75, 3.05) is 27.2 Å². The molecule has 0 bridgehead atoms. The van der Waals surface area contributed by atoms with E-state index in [1.54, 1.807) is 19.0 Å². The van der Waals surface area contributed by atoms with Crippen LogP contribution in [-0.2, 0) is 0 Å². The number of nitrogens with zero attached hydrogens (tertiary/aromatic N) is 2. The van der Waals surface area contributed by atoms with E-state index in [9.17, 15) is 9.59 Å². The van der Waals surface area contributed by atoms with Crippen molar-refractivity contribution in [2.24, 2.45) is 0 Å². The van der Waals surface area contributed by atoms with Crippen LogP contribution in [0.2, 0.25) is 0 Å². The van der Waals surface area contributed by atoms with Gasteiger partial charge in [-0.05, 0) is 31.9 Å². The number of hydrogen-bond acceptors (Lipinski definition) is 2. The first-order valence-electron chi connectivity index (χ1n) is 7.31. The number of carbonyl (C=O) groups is 2. The van der Waals surface area contributed by atoms with E-state index in [1.165, 1.54) is 0 Å². The molecule has 21 heavy (non-hydrogen) atoms. The second-order valence-corrected chi connectivity index (χ2v) is 5.78. The minimum absolute atomic E-state index is 0.0348. The Hall–Kier alpha value is -2.04. The molecule has 1 aromatic rings. The Morgan fingerprint density at radius 3 is 2.24 bits per heavy atom. The van der Waals surface area contributed by atoms with E-state index in [-0.39, 0.29) is 18.0 Å². The molecule has 1 aromatic carbocycles. The van der Waals surface area contributed by atoms with Crippen LogP contribution in [0.15, 0.2) is 24.3 Å². The quantitative estimate of drug-likeness (QED) is 0.903. The first kappa shape index (κ1) is 15.4. The SMILES string of the molecule is Cc1ccc(C(=O)NC2CCN(C(=O)N(C)C)CC2)cc1. The molecular formula is C16H23N3O2. The summed E-state index contributed by atoms with van der Waals surface area (Å²) in [5.74, 6) is -0.0348. The largest absolute Gasteiger partial charge is 0.349 e. The monoisotopic (exact) mass is 289 g/mol. The predicted octanol–water partition coefficient (Wildman–Crippen LogP) is 1.87. The van der Waals surface area contributed by atoms with Crippen LogP contribution in [0.5, 0.6) is 0 Å². The second kappa shape index (κ2) is 6.61. The molecule has 0 aliphatic carbocycles. The van der Waals surface area contributed by atoms with Gasteiger partial charge in [0.05, 0.1) is 0 Å². The van der Waals surface area contributed by atoms with Gasteiger partial charge in [0.1, 0.15) is 0 Å². The number of urea groups is 1. The van der Waals surface area contributed by atoms with Gasteiger partial charge in [-0.3, -0.25) is 4.79 Å². The Morgan fingerprint density at radius 1 is 1.14 bits per heavy atom. The average molecular weight is 289 g/mol. The predicted molar refractivity (Wildman–Crippen MR) is 82.3 cm³/mol. The third kappa shape index (κ3) is 3.97. The van der Waals surface area contributed by atoms with Gasteiger partial charge in [-0.25, -0.2) is 4.79 Å². The van der Waals surface area contributed by atoms with E-state index in [1.807, 2.05) is 36.1 Å². The van der Waals surface area contributed by atoms with Crippen molar-refractivity contribution in [2.45, 2.75) is 25.8 Å². The molecule has 0 spiro atoms. The molecule has 1 aliphatic heterocycles. The fraction of sp³-hybridized carbons (Fsp3) is 0.500. The lowest BCUT2D eigenvalue weighted by Crippen LogP contribution is -2.49. The number of carbonyl (C=O) groups excluding carboxylic acids is 2. The normalized spacial score (nSPS) is 15.7. The van der Waals surface area contributed by atoms with Crippen LogP contribution in [-0.4, -0.2) is 55.0 Å². The first-order chi connectivity index (χ1) is 9.97. The number of aryl methyl sites for hydroxylation is 1. The maximum atomic E-state index is 12.1. The van der Waals surface area contributed by atoms with Crippen molar-refractivity contribution in [3.8, 4) is 0 Å². The molecular weight excluding hydrogens is 266 g/mol. The summed E-state index contributed by atoms with van der Waals surface area (Å²) in [5.41, 5.74) is 1.83. The zero-order chi connectivity index (χ0) is 15.4. The highest BCUT2D eigenvalue weighted by molar-refractivity contribution is 5.94. The highest BCUT2D eigenvalue weighted by Gasteiger charge is 2.24. The Morgan fingerprint density at radius 2 is 1.71 bits per heavy atom. The van der Waals surface area contributed by atoms with Gasteiger partial charge in [-0.1, -0.05) is 17.7 Å². The second-order valence-electron chi connectivity index (χ2n) is 5.78. The van der Waals surface area contributed by atoms with Crippen molar-refractivity contribution in [1.29, 1.82) is 0 Å². The number of benzene rings is 1. The average Bonchev–Trinajstić information content (AvgIpc) is 2.47. The van der Waals surface area contributed by atoms with E-state index < -0.39 is 0 Å². The molecule has 1 heterocycles. The van der Waals surface area contributed by atoms with Gasteiger partial charge in [-0.15, -0.1) is 0 Å². The molecule has 2 rings (SSSR count). The number of amides is 3. The summed E-state index contributed by atoms with van der Waals surface area (Å²) in [7, 11) is 3.52. The lowest BCUT2D eigenvalue weighted by Gasteiger charge is -2.33. The lowest BCUT2D eigenvalue weighted by atomic mass is 10.0. The van der Waals surface area contributed by atoms with Crippen LogP contribution >= 0.6 is 0 Å². The van der Waals surface area contributed by atoms with Gasteiger partial charge in [0.2, 0.25) is 0 Å². The van der Waals surface area contributed by atoms with Crippen LogP contribution < -0.4 is 5.32 Å². The van der Waals surface area contributed by atoms with Crippen molar-refractivity contribution in [1.82, 2.24) is 15.1 Å².